The average Bonchev–Trinajstić information content (AvgIpc) is 3.54. The zero-order valence-corrected chi connectivity index (χ0v) is 19.4. The maximum absolute atomic E-state index is 6.46. The molecular weight excluding hydrogens is 448 g/mol. The number of hydrogen-bond acceptors (Lipinski definition) is 3. The van der Waals surface area contributed by atoms with E-state index in [1.807, 2.05) is 36.0 Å². The minimum Gasteiger partial charge on any atom is -0.456 e. The molecule has 3 heterocycles. The molecule has 5 aromatic carbocycles. The molecule has 0 unspecified atom stereocenters. The second-order valence-electron chi connectivity index (χ2n) is 8.91. The lowest BCUT2D eigenvalue weighted by Crippen LogP contribution is -1.93. The summed E-state index contributed by atoms with van der Waals surface area (Å²) in [5, 5.41) is 4.75. The lowest BCUT2D eigenvalue weighted by Gasteiger charge is -2.21. The van der Waals surface area contributed by atoms with Gasteiger partial charge in [0.15, 0.2) is 0 Å². The van der Waals surface area contributed by atoms with Crippen LogP contribution >= 0.6 is 11.8 Å². The van der Waals surface area contributed by atoms with Gasteiger partial charge in [0, 0.05) is 37.1 Å². The molecule has 0 fully saturated rings. The van der Waals surface area contributed by atoms with Gasteiger partial charge in [-0.05, 0) is 71.1 Å². The van der Waals surface area contributed by atoms with E-state index >= 15 is 0 Å². The van der Waals surface area contributed by atoms with E-state index in [0.29, 0.717) is 0 Å². The van der Waals surface area contributed by atoms with Crippen molar-refractivity contribution in [2.24, 2.45) is 0 Å². The monoisotopic (exact) mass is 466 g/mol. The van der Waals surface area contributed by atoms with Gasteiger partial charge in [0.2, 0.25) is 0 Å². The summed E-state index contributed by atoms with van der Waals surface area (Å²) in [6.07, 6.45) is 0. The summed E-state index contributed by atoms with van der Waals surface area (Å²) in [7, 11) is 0. The highest BCUT2D eigenvalue weighted by Gasteiger charge is 2.21. The lowest BCUT2D eigenvalue weighted by atomic mass is 9.94. The normalized spacial score (nSPS) is 12.5. The van der Waals surface area contributed by atoms with Gasteiger partial charge in [0.05, 0.1) is 0 Å². The van der Waals surface area contributed by atoms with Crippen LogP contribution in [-0.2, 0) is 0 Å². The molecule has 2 aromatic heterocycles. The van der Waals surface area contributed by atoms with E-state index < -0.39 is 0 Å². The third-order valence-electron chi connectivity index (χ3n) is 6.93. The topological polar surface area (TPSA) is 26.3 Å². The van der Waals surface area contributed by atoms with Crippen molar-refractivity contribution in [3.8, 4) is 33.8 Å². The fraction of sp³-hybridized carbons (Fsp3) is 0. The van der Waals surface area contributed by atoms with Crippen LogP contribution in [0.15, 0.2) is 128 Å². The van der Waals surface area contributed by atoms with E-state index in [2.05, 4.69) is 84.9 Å². The maximum atomic E-state index is 6.46. The number of hydrogen-bond donors (Lipinski definition) is 0. The highest BCUT2D eigenvalue weighted by Crippen LogP contribution is 2.49. The van der Waals surface area contributed by atoms with Crippen LogP contribution in [0.1, 0.15) is 0 Å². The molecule has 2 nitrogen and oxygen atoms in total. The summed E-state index contributed by atoms with van der Waals surface area (Å²) in [4.78, 5) is 2.60. The molecule has 7 aromatic rings. The van der Waals surface area contributed by atoms with Gasteiger partial charge in [0.25, 0.3) is 0 Å². The molecular formula is C32H18O2S. The van der Waals surface area contributed by atoms with E-state index in [4.69, 9.17) is 8.83 Å². The number of fused-ring (bicyclic) bond motifs is 5. The van der Waals surface area contributed by atoms with Crippen molar-refractivity contribution in [3.63, 3.8) is 0 Å². The average molecular weight is 467 g/mol. The molecule has 1 aliphatic rings. The van der Waals surface area contributed by atoms with Gasteiger partial charge < -0.3 is 8.83 Å². The summed E-state index contributed by atoms with van der Waals surface area (Å²) in [6.45, 7) is 0. The van der Waals surface area contributed by atoms with Crippen molar-refractivity contribution in [1.82, 2.24) is 0 Å². The Bertz CT molecular complexity index is 1940. The molecule has 0 radical (unpaired) electrons. The van der Waals surface area contributed by atoms with E-state index in [1.54, 1.807) is 0 Å². The molecule has 0 saturated carbocycles. The molecule has 35 heavy (non-hydrogen) atoms. The Hall–Kier alpha value is -4.21. The van der Waals surface area contributed by atoms with Crippen molar-refractivity contribution in [2.75, 3.05) is 0 Å². The molecule has 0 spiro atoms. The standard InChI is InChI=1S/C32H18O2S/c1-3-10-27-20(6-1)25-18-19(12-14-29(25)34-27)26-15-16-28(33-26)21-13-17-31-32-23(21)8-5-9-24(32)22-7-2-4-11-30(22)35-31/h1-18H. The minimum absolute atomic E-state index is 0.854. The van der Waals surface area contributed by atoms with Crippen LogP contribution in [0, 0.1) is 0 Å². The summed E-state index contributed by atoms with van der Waals surface area (Å²) < 4.78 is 12.5. The molecule has 0 saturated heterocycles. The molecule has 0 amide bonds. The van der Waals surface area contributed by atoms with Crippen LogP contribution in [0.25, 0.3) is 66.5 Å². The quantitative estimate of drug-likeness (QED) is 0.254. The maximum Gasteiger partial charge on any atom is 0.135 e. The first-order chi connectivity index (χ1) is 17.3. The van der Waals surface area contributed by atoms with Crippen LogP contribution in [-0.4, -0.2) is 0 Å². The first-order valence-electron chi connectivity index (χ1n) is 11.7. The second kappa shape index (κ2) is 7.14. The van der Waals surface area contributed by atoms with E-state index in [0.717, 1.165) is 44.6 Å². The third-order valence-corrected chi connectivity index (χ3v) is 8.07. The smallest absolute Gasteiger partial charge is 0.135 e. The van der Waals surface area contributed by atoms with Gasteiger partial charge in [-0.15, -0.1) is 0 Å². The Morgan fingerprint density at radius 3 is 2.26 bits per heavy atom. The number of para-hydroxylation sites is 1. The van der Waals surface area contributed by atoms with Crippen molar-refractivity contribution < 1.29 is 8.83 Å². The van der Waals surface area contributed by atoms with Gasteiger partial charge in [-0.2, -0.15) is 0 Å². The molecule has 1 aliphatic heterocycles. The summed E-state index contributed by atoms with van der Waals surface area (Å²) >= 11 is 1.84. The molecule has 8 rings (SSSR count). The van der Waals surface area contributed by atoms with Crippen LogP contribution in [0.2, 0.25) is 0 Å². The highest BCUT2D eigenvalue weighted by atomic mass is 32.2. The Labute approximate surface area is 205 Å². The fourth-order valence-electron chi connectivity index (χ4n) is 5.31. The number of rotatable bonds is 2. The third kappa shape index (κ3) is 2.79. The summed E-state index contributed by atoms with van der Waals surface area (Å²) in [6, 6.07) is 38.2. The van der Waals surface area contributed by atoms with Crippen LogP contribution in [0.3, 0.4) is 0 Å². The zero-order chi connectivity index (χ0) is 22.9. The molecule has 3 heteroatoms. The SMILES string of the molecule is c1ccc2c(c1)Sc1ccc(-c3ccc(-c4ccc5oc6ccccc6c5c4)o3)c3cccc-2c13. The van der Waals surface area contributed by atoms with Gasteiger partial charge in [0.1, 0.15) is 22.7 Å². The van der Waals surface area contributed by atoms with Gasteiger partial charge in [-0.25, -0.2) is 0 Å². The molecule has 0 aliphatic carbocycles. The molecule has 0 N–H and O–H groups in total. The van der Waals surface area contributed by atoms with Crippen molar-refractivity contribution >= 4 is 44.5 Å². The molecule has 0 bridgehead atoms. The lowest BCUT2D eigenvalue weighted by molar-refractivity contribution is 0.598. The van der Waals surface area contributed by atoms with Crippen LogP contribution in [0.5, 0.6) is 0 Å². The predicted octanol–water partition coefficient (Wildman–Crippen LogP) is 9.80. The minimum atomic E-state index is 0.854. The number of benzene rings is 5. The predicted molar refractivity (Wildman–Crippen MR) is 144 cm³/mol. The number of furan rings is 2. The zero-order valence-electron chi connectivity index (χ0n) is 18.6. The van der Waals surface area contributed by atoms with E-state index in [9.17, 15) is 0 Å². The van der Waals surface area contributed by atoms with Crippen molar-refractivity contribution in [2.45, 2.75) is 9.79 Å². The Balaban J connectivity index is 1.28. The van der Waals surface area contributed by atoms with Crippen LogP contribution < -0.4 is 0 Å². The first kappa shape index (κ1) is 19.1. The Kier molecular flexibility index (Phi) is 3.91. The molecule has 0 atom stereocenters. The Morgan fingerprint density at radius 1 is 0.457 bits per heavy atom. The van der Waals surface area contributed by atoms with Gasteiger partial charge in [-0.3, -0.25) is 0 Å². The first-order valence-corrected chi connectivity index (χ1v) is 12.5. The second-order valence-corrected chi connectivity index (χ2v) is 9.99. The van der Waals surface area contributed by atoms with E-state index in [1.165, 1.54) is 31.7 Å². The van der Waals surface area contributed by atoms with Crippen molar-refractivity contribution in [1.29, 1.82) is 0 Å². The van der Waals surface area contributed by atoms with Gasteiger partial charge in [-0.1, -0.05) is 66.4 Å². The Morgan fingerprint density at radius 2 is 1.26 bits per heavy atom. The summed E-state index contributed by atoms with van der Waals surface area (Å²) in [5.74, 6) is 1.73. The molecule has 164 valence electrons. The highest BCUT2D eigenvalue weighted by molar-refractivity contribution is 7.99. The fourth-order valence-corrected chi connectivity index (χ4v) is 6.44. The van der Waals surface area contributed by atoms with E-state index in [-0.39, 0.29) is 0 Å². The summed E-state index contributed by atoms with van der Waals surface area (Å²) in [5.41, 5.74) is 6.55. The van der Waals surface area contributed by atoms with Crippen LogP contribution in [0.4, 0.5) is 0 Å². The largest absolute Gasteiger partial charge is 0.456 e. The van der Waals surface area contributed by atoms with Crippen molar-refractivity contribution in [3.05, 3.63) is 109 Å². The van der Waals surface area contributed by atoms with Gasteiger partial charge >= 0.3 is 0 Å².